The zero-order valence-electron chi connectivity index (χ0n) is 16.6. The van der Waals surface area contributed by atoms with Crippen LogP contribution in [-0.2, 0) is 9.59 Å². The van der Waals surface area contributed by atoms with Gasteiger partial charge in [-0.05, 0) is 43.5 Å². The molecule has 1 aliphatic rings. The second-order valence-electron chi connectivity index (χ2n) is 7.15. The third-order valence-electron chi connectivity index (χ3n) is 5.10. The Bertz CT molecular complexity index is 653. The summed E-state index contributed by atoms with van der Waals surface area (Å²) in [4.78, 5) is 38.5. The normalized spacial score (nSPS) is 16.7. The second-order valence-corrected chi connectivity index (χ2v) is 7.15. The van der Waals surface area contributed by atoms with Gasteiger partial charge in [-0.3, -0.25) is 14.4 Å². The molecule has 1 aromatic carbocycles. The average molecular weight is 373 g/mol. The average Bonchev–Trinajstić information content (AvgIpc) is 3.05. The van der Waals surface area contributed by atoms with E-state index in [-0.39, 0.29) is 36.1 Å². The van der Waals surface area contributed by atoms with E-state index in [1.807, 2.05) is 13.8 Å². The number of nitrogens with zero attached hydrogens (tertiary/aromatic N) is 1. The van der Waals surface area contributed by atoms with Crippen LogP contribution in [0, 0.1) is 5.92 Å². The van der Waals surface area contributed by atoms with E-state index in [0.29, 0.717) is 17.8 Å². The zero-order valence-corrected chi connectivity index (χ0v) is 16.6. The van der Waals surface area contributed by atoms with Gasteiger partial charge in [0.1, 0.15) is 0 Å². The maximum atomic E-state index is 12.5. The Kier molecular flexibility index (Phi) is 7.82. The highest BCUT2D eigenvalue weighted by molar-refractivity contribution is 5.98. The lowest BCUT2D eigenvalue weighted by atomic mass is 10.1. The Morgan fingerprint density at radius 3 is 2.41 bits per heavy atom. The molecule has 1 fully saturated rings. The van der Waals surface area contributed by atoms with Crippen molar-refractivity contribution in [3.8, 4) is 0 Å². The first-order valence-corrected chi connectivity index (χ1v) is 9.98. The topological polar surface area (TPSA) is 78.5 Å². The van der Waals surface area contributed by atoms with E-state index < -0.39 is 0 Å². The van der Waals surface area contributed by atoms with Crippen molar-refractivity contribution < 1.29 is 14.4 Å². The van der Waals surface area contributed by atoms with E-state index in [4.69, 9.17) is 0 Å². The van der Waals surface area contributed by atoms with Crippen LogP contribution in [0.4, 0.5) is 5.69 Å². The first kappa shape index (κ1) is 20.9. The summed E-state index contributed by atoms with van der Waals surface area (Å²) < 4.78 is 0. The number of hydrogen-bond donors (Lipinski definition) is 2. The van der Waals surface area contributed by atoms with Crippen LogP contribution in [0.2, 0.25) is 0 Å². The summed E-state index contributed by atoms with van der Waals surface area (Å²) in [5, 5.41) is 5.86. The first-order chi connectivity index (χ1) is 13.0. The van der Waals surface area contributed by atoms with Crippen LogP contribution in [-0.4, -0.2) is 41.8 Å². The van der Waals surface area contributed by atoms with E-state index in [1.54, 1.807) is 29.2 Å². The highest BCUT2D eigenvalue weighted by atomic mass is 16.2. The Hall–Kier alpha value is -2.37. The fourth-order valence-corrected chi connectivity index (χ4v) is 3.22. The molecule has 6 nitrogen and oxygen atoms in total. The quantitative estimate of drug-likeness (QED) is 0.698. The zero-order chi connectivity index (χ0) is 19.8. The van der Waals surface area contributed by atoms with Gasteiger partial charge in [-0.15, -0.1) is 0 Å². The molecular formula is C21H31N3O3. The van der Waals surface area contributed by atoms with Crippen LogP contribution in [0.5, 0.6) is 0 Å². The minimum atomic E-state index is -0.313. The van der Waals surface area contributed by atoms with Crippen LogP contribution in [0.1, 0.15) is 63.2 Å². The predicted molar refractivity (Wildman–Crippen MR) is 107 cm³/mol. The van der Waals surface area contributed by atoms with Crippen LogP contribution < -0.4 is 10.6 Å². The number of likely N-dealkylation sites (tertiary alicyclic amines) is 1. The van der Waals surface area contributed by atoms with Crippen molar-refractivity contribution in [3.63, 3.8) is 0 Å². The van der Waals surface area contributed by atoms with Gasteiger partial charge in [0.15, 0.2) is 0 Å². The molecule has 148 valence electrons. The molecule has 3 amide bonds. The molecule has 1 unspecified atom stereocenters. The number of hydrogen-bond acceptors (Lipinski definition) is 3. The molecule has 0 spiro atoms. The standard InChI is InChI=1S/C21H31N3O3/c1-4-7-12-24-14-16(13-19(24)25)21(27)23-18-10-8-15(9-11-18)20(26)22-17(5-2)6-3/h8-11,16-17H,4-7,12-14H2,1-3H3,(H,22,26)(H,23,27). The molecule has 0 bridgehead atoms. The summed E-state index contributed by atoms with van der Waals surface area (Å²) in [6.07, 6.45) is 4.04. The van der Waals surface area contributed by atoms with E-state index in [2.05, 4.69) is 17.6 Å². The van der Waals surface area contributed by atoms with Crippen molar-refractivity contribution >= 4 is 23.4 Å². The molecule has 0 radical (unpaired) electrons. The van der Waals surface area contributed by atoms with Crippen molar-refractivity contribution in [2.45, 2.75) is 58.9 Å². The summed E-state index contributed by atoms with van der Waals surface area (Å²) >= 11 is 0. The summed E-state index contributed by atoms with van der Waals surface area (Å²) in [6.45, 7) is 7.38. The first-order valence-electron chi connectivity index (χ1n) is 9.98. The van der Waals surface area contributed by atoms with Gasteiger partial charge in [-0.2, -0.15) is 0 Å². The Morgan fingerprint density at radius 1 is 1.15 bits per heavy atom. The lowest BCUT2D eigenvalue weighted by Crippen LogP contribution is -2.33. The molecular weight excluding hydrogens is 342 g/mol. The highest BCUT2D eigenvalue weighted by Crippen LogP contribution is 2.20. The number of benzene rings is 1. The monoisotopic (exact) mass is 373 g/mol. The summed E-state index contributed by atoms with van der Waals surface area (Å²) in [5.74, 6) is -0.504. The number of unbranched alkanes of at least 4 members (excludes halogenated alkanes) is 1. The number of nitrogens with one attached hydrogen (secondary N) is 2. The largest absolute Gasteiger partial charge is 0.349 e. The van der Waals surface area contributed by atoms with Gasteiger partial charge in [-0.25, -0.2) is 0 Å². The lowest BCUT2D eigenvalue weighted by molar-refractivity contribution is -0.128. The molecule has 27 heavy (non-hydrogen) atoms. The van der Waals surface area contributed by atoms with Crippen LogP contribution in [0.15, 0.2) is 24.3 Å². The number of anilines is 1. The van der Waals surface area contributed by atoms with Crippen molar-refractivity contribution in [1.82, 2.24) is 10.2 Å². The maximum absolute atomic E-state index is 12.5. The number of carbonyl (C=O) groups excluding carboxylic acids is 3. The van der Waals surface area contributed by atoms with Crippen molar-refractivity contribution in [2.24, 2.45) is 5.92 Å². The lowest BCUT2D eigenvalue weighted by Gasteiger charge is -2.16. The molecule has 1 saturated heterocycles. The van der Waals surface area contributed by atoms with Crippen molar-refractivity contribution in [2.75, 3.05) is 18.4 Å². The smallest absolute Gasteiger partial charge is 0.251 e. The maximum Gasteiger partial charge on any atom is 0.251 e. The third-order valence-corrected chi connectivity index (χ3v) is 5.10. The predicted octanol–water partition coefficient (Wildman–Crippen LogP) is 3.19. The fraction of sp³-hybridized carbons (Fsp3) is 0.571. The minimum absolute atomic E-state index is 0.0528. The van der Waals surface area contributed by atoms with Crippen molar-refractivity contribution in [3.05, 3.63) is 29.8 Å². The molecule has 1 aromatic rings. The van der Waals surface area contributed by atoms with Crippen molar-refractivity contribution in [1.29, 1.82) is 0 Å². The molecule has 1 aliphatic heterocycles. The Balaban J connectivity index is 1.90. The van der Waals surface area contributed by atoms with Gasteiger partial charge >= 0.3 is 0 Å². The number of carbonyl (C=O) groups is 3. The van der Waals surface area contributed by atoms with E-state index in [1.165, 1.54) is 0 Å². The van der Waals surface area contributed by atoms with Gasteiger partial charge < -0.3 is 15.5 Å². The van der Waals surface area contributed by atoms with Gasteiger partial charge in [0.25, 0.3) is 5.91 Å². The Morgan fingerprint density at radius 2 is 1.81 bits per heavy atom. The van der Waals surface area contributed by atoms with Gasteiger partial charge in [0.2, 0.25) is 11.8 Å². The van der Waals surface area contributed by atoms with E-state index >= 15 is 0 Å². The van der Waals surface area contributed by atoms with Crippen LogP contribution in [0.3, 0.4) is 0 Å². The molecule has 1 heterocycles. The molecule has 2 rings (SSSR count). The SMILES string of the molecule is CCCCN1CC(C(=O)Nc2ccc(C(=O)NC(CC)CC)cc2)CC1=O. The van der Waals surface area contributed by atoms with E-state index in [0.717, 1.165) is 32.2 Å². The van der Waals surface area contributed by atoms with E-state index in [9.17, 15) is 14.4 Å². The molecule has 6 heteroatoms. The summed E-state index contributed by atoms with van der Waals surface area (Å²) in [5.41, 5.74) is 1.21. The molecule has 1 atom stereocenters. The Labute approximate surface area is 161 Å². The van der Waals surface area contributed by atoms with Gasteiger partial charge in [0.05, 0.1) is 5.92 Å². The van der Waals surface area contributed by atoms with Gasteiger partial charge in [-0.1, -0.05) is 27.2 Å². The van der Waals surface area contributed by atoms with Gasteiger partial charge in [0, 0.05) is 36.8 Å². The fourth-order valence-electron chi connectivity index (χ4n) is 3.22. The molecule has 0 aromatic heterocycles. The minimum Gasteiger partial charge on any atom is -0.349 e. The third kappa shape index (κ3) is 5.81. The number of rotatable bonds is 9. The number of amides is 3. The molecule has 2 N–H and O–H groups in total. The second kappa shape index (κ2) is 10.1. The van der Waals surface area contributed by atoms with Crippen LogP contribution in [0.25, 0.3) is 0 Å². The molecule has 0 aliphatic carbocycles. The molecule has 0 saturated carbocycles. The summed E-state index contributed by atoms with van der Waals surface area (Å²) in [7, 11) is 0. The summed E-state index contributed by atoms with van der Waals surface area (Å²) in [6, 6.07) is 7.05. The van der Waals surface area contributed by atoms with Crippen LogP contribution >= 0.6 is 0 Å². The highest BCUT2D eigenvalue weighted by Gasteiger charge is 2.33.